The number of aryl methyl sites for hydroxylation is 1. The van der Waals surface area contributed by atoms with E-state index >= 15 is 0 Å². The van der Waals surface area contributed by atoms with Crippen molar-refractivity contribution >= 4 is 28.1 Å². The molecule has 1 N–H and O–H groups in total. The number of aromatic hydroxyl groups is 1. The maximum atomic E-state index is 10.4. The van der Waals surface area contributed by atoms with Gasteiger partial charge in [-0.2, -0.15) is 0 Å². The molecule has 1 heterocycles. The van der Waals surface area contributed by atoms with E-state index in [1.807, 2.05) is 30.3 Å². The fraction of sp³-hybridized carbons (Fsp3) is 0.273. The third-order valence-electron chi connectivity index (χ3n) is 5.28. The second-order valence-electron chi connectivity index (χ2n) is 6.98. The molecule has 1 saturated heterocycles. The summed E-state index contributed by atoms with van der Waals surface area (Å²) >= 11 is 6.18. The zero-order valence-corrected chi connectivity index (χ0v) is 15.7. The van der Waals surface area contributed by atoms with Gasteiger partial charge in [0, 0.05) is 49.0 Å². The highest BCUT2D eigenvalue weighted by Gasteiger charge is 2.20. The van der Waals surface area contributed by atoms with Gasteiger partial charge in [-0.3, -0.25) is 4.90 Å². The Balaban J connectivity index is 1.50. The number of nitrogens with zero attached hydrogens (tertiary/aromatic N) is 2. The van der Waals surface area contributed by atoms with Gasteiger partial charge in [0.15, 0.2) is 0 Å². The minimum absolute atomic E-state index is 0.386. The summed E-state index contributed by atoms with van der Waals surface area (Å²) in [4.78, 5) is 4.82. The van der Waals surface area contributed by atoms with Gasteiger partial charge in [0.2, 0.25) is 0 Å². The van der Waals surface area contributed by atoms with Crippen LogP contribution in [0.4, 0.5) is 5.69 Å². The average molecular weight is 367 g/mol. The van der Waals surface area contributed by atoms with Crippen LogP contribution in [0.3, 0.4) is 0 Å². The van der Waals surface area contributed by atoms with E-state index in [0.717, 1.165) is 48.7 Å². The van der Waals surface area contributed by atoms with Crippen molar-refractivity contribution in [1.82, 2.24) is 4.90 Å². The number of benzene rings is 3. The summed E-state index contributed by atoms with van der Waals surface area (Å²) in [6, 6.07) is 18.1. The molecule has 0 aromatic heterocycles. The van der Waals surface area contributed by atoms with Crippen molar-refractivity contribution in [3.05, 3.63) is 70.7 Å². The summed E-state index contributed by atoms with van der Waals surface area (Å²) in [5.74, 6) is 0.386. The van der Waals surface area contributed by atoms with Crippen LogP contribution < -0.4 is 4.90 Å². The molecule has 0 bridgehead atoms. The van der Waals surface area contributed by atoms with Gasteiger partial charge in [0.05, 0.1) is 0 Å². The van der Waals surface area contributed by atoms with Crippen LogP contribution in [0.15, 0.2) is 54.6 Å². The van der Waals surface area contributed by atoms with Crippen molar-refractivity contribution in [3.8, 4) is 5.75 Å². The monoisotopic (exact) mass is 366 g/mol. The topological polar surface area (TPSA) is 26.7 Å². The molecule has 4 heteroatoms. The molecule has 3 nitrogen and oxygen atoms in total. The SMILES string of the molecule is Cc1ccc(Cl)cc1N1CCN(Cc2c(O)ccc3ccccc23)CC1. The van der Waals surface area contributed by atoms with Crippen LogP contribution in [-0.2, 0) is 6.54 Å². The Bertz CT molecular complexity index is 933. The number of hydrogen-bond acceptors (Lipinski definition) is 3. The molecule has 26 heavy (non-hydrogen) atoms. The first-order valence-corrected chi connectivity index (χ1v) is 9.42. The third-order valence-corrected chi connectivity index (χ3v) is 5.52. The van der Waals surface area contributed by atoms with Crippen molar-refractivity contribution < 1.29 is 5.11 Å². The summed E-state index contributed by atoms with van der Waals surface area (Å²) < 4.78 is 0. The van der Waals surface area contributed by atoms with Gasteiger partial charge >= 0.3 is 0 Å². The quantitative estimate of drug-likeness (QED) is 0.719. The predicted octanol–water partition coefficient (Wildman–Crippen LogP) is 4.83. The Labute approximate surface area is 159 Å². The Kier molecular flexibility index (Phi) is 4.75. The average Bonchev–Trinajstić information content (AvgIpc) is 2.67. The molecule has 0 saturated carbocycles. The number of phenolic OH excluding ortho intramolecular Hbond substituents is 1. The Morgan fingerprint density at radius 3 is 2.54 bits per heavy atom. The fourth-order valence-electron chi connectivity index (χ4n) is 3.78. The molecule has 3 aromatic carbocycles. The van der Waals surface area contributed by atoms with Crippen LogP contribution in [-0.4, -0.2) is 36.2 Å². The molecule has 1 fully saturated rings. The Morgan fingerprint density at radius 1 is 0.962 bits per heavy atom. The Hall–Kier alpha value is -2.23. The third kappa shape index (κ3) is 3.37. The van der Waals surface area contributed by atoms with Crippen LogP contribution in [0, 0.1) is 6.92 Å². The van der Waals surface area contributed by atoms with Crippen LogP contribution in [0.5, 0.6) is 5.75 Å². The van der Waals surface area contributed by atoms with Crippen molar-refractivity contribution in [2.75, 3.05) is 31.1 Å². The summed E-state index contributed by atoms with van der Waals surface area (Å²) in [5.41, 5.74) is 3.51. The first kappa shape index (κ1) is 17.2. The molecule has 0 atom stereocenters. The molecule has 0 aliphatic carbocycles. The van der Waals surface area contributed by atoms with Gasteiger partial charge in [-0.05, 0) is 41.5 Å². The van der Waals surface area contributed by atoms with E-state index in [1.54, 1.807) is 0 Å². The molecule has 1 aliphatic heterocycles. The van der Waals surface area contributed by atoms with E-state index in [4.69, 9.17) is 11.6 Å². The summed E-state index contributed by atoms with van der Waals surface area (Å²) in [6.07, 6.45) is 0. The second kappa shape index (κ2) is 7.18. The highest BCUT2D eigenvalue weighted by atomic mass is 35.5. The van der Waals surface area contributed by atoms with E-state index in [9.17, 15) is 5.11 Å². The molecular formula is C22H23ClN2O. The standard InChI is InChI=1S/C22H23ClN2O/c1-16-6-8-18(23)14-21(16)25-12-10-24(11-13-25)15-20-19-5-3-2-4-17(19)7-9-22(20)26/h2-9,14,26H,10-13,15H2,1H3. The van der Waals surface area contributed by atoms with Gasteiger partial charge in [-0.15, -0.1) is 0 Å². The van der Waals surface area contributed by atoms with Gasteiger partial charge in [0.1, 0.15) is 5.75 Å². The van der Waals surface area contributed by atoms with Crippen molar-refractivity contribution in [2.24, 2.45) is 0 Å². The van der Waals surface area contributed by atoms with Gasteiger partial charge in [0.25, 0.3) is 0 Å². The van der Waals surface area contributed by atoms with Crippen LogP contribution in [0.2, 0.25) is 5.02 Å². The maximum Gasteiger partial charge on any atom is 0.120 e. The van der Waals surface area contributed by atoms with Crippen LogP contribution >= 0.6 is 11.6 Å². The molecule has 4 rings (SSSR count). The lowest BCUT2D eigenvalue weighted by Gasteiger charge is -2.37. The number of halogens is 1. The molecule has 1 aliphatic rings. The highest BCUT2D eigenvalue weighted by molar-refractivity contribution is 6.30. The minimum Gasteiger partial charge on any atom is -0.508 e. The number of piperazine rings is 1. The smallest absolute Gasteiger partial charge is 0.120 e. The molecule has 3 aromatic rings. The number of fused-ring (bicyclic) bond motifs is 1. The lowest BCUT2D eigenvalue weighted by molar-refractivity contribution is 0.247. The molecule has 0 spiro atoms. The molecular weight excluding hydrogens is 344 g/mol. The van der Waals surface area contributed by atoms with Crippen LogP contribution in [0.1, 0.15) is 11.1 Å². The predicted molar refractivity (Wildman–Crippen MR) is 109 cm³/mol. The van der Waals surface area contributed by atoms with Gasteiger partial charge in [-0.1, -0.05) is 48.0 Å². The molecule has 0 radical (unpaired) electrons. The zero-order chi connectivity index (χ0) is 18.1. The fourth-order valence-corrected chi connectivity index (χ4v) is 3.95. The molecule has 134 valence electrons. The first-order chi connectivity index (χ1) is 12.6. The minimum atomic E-state index is 0.386. The van der Waals surface area contributed by atoms with E-state index in [-0.39, 0.29) is 0 Å². The van der Waals surface area contributed by atoms with Gasteiger partial charge < -0.3 is 10.0 Å². The number of anilines is 1. The lowest BCUT2D eigenvalue weighted by Crippen LogP contribution is -2.46. The zero-order valence-electron chi connectivity index (χ0n) is 15.0. The summed E-state index contributed by atoms with van der Waals surface area (Å²) in [6.45, 7) is 6.77. The lowest BCUT2D eigenvalue weighted by atomic mass is 10.0. The van der Waals surface area contributed by atoms with Crippen LogP contribution in [0.25, 0.3) is 10.8 Å². The van der Waals surface area contributed by atoms with E-state index in [2.05, 4.69) is 41.0 Å². The van der Waals surface area contributed by atoms with E-state index < -0.39 is 0 Å². The van der Waals surface area contributed by atoms with Crippen molar-refractivity contribution in [3.63, 3.8) is 0 Å². The van der Waals surface area contributed by atoms with Crippen molar-refractivity contribution in [2.45, 2.75) is 13.5 Å². The molecule has 0 unspecified atom stereocenters. The molecule has 0 amide bonds. The normalized spacial score (nSPS) is 15.5. The number of rotatable bonds is 3. The summed E-state index contributed by atoms with van der Waals surface area (Å²) in [5, 5.41) is 13.5. The Morgan fingerprint density at radius 2 is 1.73 bits per heavy atom. The highest BCUT2D eigenvalue weighted by Crippen LogP contribution is 2.30. The van der Waals surface area contributed by atoms with Crippen molar-refractivity contribution in [1.29, 1.82) is 0 Å². The maximum absolute atomic E-state index is 10.4. The first-order valence-electron chi connectivity index (χ1n) is 9.05. The van der Waals surface area contributed by atoms with E-state index in [1.165, 1.54) is 16.6 Å². The number of phenols is 1. The second-order valence-corrected chi connectivity index (χ2v) is 7.41. The largest absolute Gasteiger partial charge is 0.508 e. The van der Waals surface area contributed by atoms with Gasteiger partial charge in [-0.25, -0.2) is 0 Å². The summed E-state index contributed by atoms with van der Waals surface area (Å²) in [7, 11) is 0. The number of hydrogen-bond donors (Lipinski definition) is 1. The van der Waals surface area contributed by atoms with E-state index in [0.29, 0.717) is 5.75 Å².